The Labute approximate surface area is 246 Å². The van der Waals surface area contributed by atoms with Gasteiger partial charge in [-0.25, -0.2) is 4.98 Å². The van der Waals surface area contributed by atoms with Crippen molar-refractivity contribution in [3.8, 4) is 11.5 Å². The molecular weight excluding hydrogens is 567 g/mol. The molecular formula is C31H32F3N3O4S. The molecule has 11 heteroatoms. The Hall–Kier alpha value is -3.99. The fraction of sp³-hybridized carbons (Fsp3) is 0.323. The Kier molecular flexibility index (Phi) is 10.2. The van der Waals surface area contributed by atoms with Crippen molar-refractivity contribution in [1.29, 1.82) is 0 Å². The minimum Gasteiger partial charge on any atom is -0.493 e. The minimum absolute atomic E-state index is 0.0108. The summed E-state index contributed by atoms with van der Waals surface area (Å²) in [6.07, 6.45) is -0.967. The number of ether oxygens (including phenoxy) is 2. The number of nitrogens with one attached hydrogen (secondary N) is 1. The highest BCUT2D eigenvalue weighted by atomic mass is 32.2. The monoisotopic (exact) mass is 599 g/mol. The molecule has 0 spiro atoms. The van der Waals surface area contributed by atoms with Crippen molar-refractivity contribution in [1.82, 2.24) is 9.55 Å². The molecule has 1 amide bonds. The highest BCUT2D eigenvalue weighted by Crippen LogP contribution is 2.32. The maximum Gasteiger partial charge on any atom is 0.416 e. The first kappa shape index (κ1) is 31.0. The van der Waals surface area contributed by atoms with Gasteiger partial charge in [0.1, 0.15) is 0 Å². The van der Waals surface area contributed by atoms with E-state index in [1.807, 2.05) is 24.3 Å². The zero-order valence-electron chi connectivity index (χ0n) is 23.6. The maximum absolute atomic E-state index is 13.6. The van der Waals surface area contributed by atoms with E-state index in [1.54, 1.807) is 12.1 Å². The van der Waals surface area contributed by atoms with Gasteiger partial charge in [0.25, 0.3) is 5.56 Å². The summed E-state index contributed by atoms with van der Waals surface area (Å²) in [4.78, 5) is 31.1. The van der Waals surface area contributed by atoms with E-state index in [-0.39, 0.29) is 35.6 Å². The van der Waals surface area contributed by atoms with Crippen LogP contribution < -0.4 is 20.3 Å². The van der Waals surface area contributed by atoms with E-state index in [2.05, 4.69) is 17.2 Å². The number of carbonyl (C=O) groups is 1. The van der Waals surface area contributed by atoms with Crippen LogP contribution in [-0.2, 0) is 30.4 Å². The standard InChI is InChI=1S/C31H32F3N3O4S/c1-4-5-6-20-9-13-23(14-10-20)35-28(38)19-42-30-36-25-18-27(41-3)26(40-2)17-24(25)29(39)37(30)16-15-21-7-11-22(12-8-21)31(32,33)34/h7-14,17-18H,4-6,15-16,19H2,1-3H3,(H,35,38). The Morgan fingerprint density at radius 1 is 0.952 bits per heavy atom. The van der Waals surface area contributed by atoms with Gasteiger partial charge >= 0.3 is 6.18 Å². The second kappa shape index (κ2) is 13.8. The number of thioether (sulfide) groups is 1. The molecule has 0 aliphatic heterocycles. The van der Waals surface area contributed by atoms with E-state index >= 15 is 0 Å². The van der Waals surface area contributed by atoms with E-state index < -0.39 is 11.7 Å². The predicted molar refractivity (Wildman–Crippen MR) is 159 cm³/mol. The number of rotatable bonds is 12. The molecule has 1 heterocycles. The normalized spacial score (nSPS) is 11.5. The molecule has 0 saturated heterocycles. The van der Waals surface area contributed by atoms with Gasteiger partial charge in [0, 0.05) is 18.3 Å². The number of anilines is 1. The third kappa shape index (κ3) is 7.64. The van der Waals surface area contributed by atoms with Crippen LogP contribution in [0.5, 0.6) is 11.5 Å². The first-order valence-electron chi connectivity index (χ1n) is 13.5. The van der Waals surface area contributed by atoms with Crippen molar-refractivity contribution in [2.24, 2.45) is 0 Å². The SMILES string of the molecule is CCCCc1ccc(NC(=O)CSc2nc3cc(OC)c(OC)cc3c(=O)n2CCc2ccc(C(F)(F)F)cc2)cc1. The van der Waals surface area contributed by atoms with Crippen LogP contribution in [0.2, 0.25) is 0 Å². The number of aryl methyl sites for hydroxylation is 2. The number of nitrogens with zero attached hydrogens (tertiary/aromatic N) is 2. The predicted octanol–water partition coefficient (Wildman–Crippen LogP) is 6.75. The second-order valence-electron chi connectivity index (χ2n) is 9.66. The summed E-state index contributed by atoms with van der Waals surface area (Å²) in [6.45, 7) is 2.28. The fourth-order valence-corrected chi connectivity index (χ4v) is 5.22. The molecule has 4 rings (SSSR count). The third-order valence-corrected chi connectivity index (χ3v) is 7.70. The number of unbranched alkanes of at least 4 members (excludes halogenated alkanes) is 1. The molecule has 0 radical (unpaired) electrons. The fourth-order valence-electron chi connectivity index (χ4n) is 4.40. The number of alkyl halides is 3. The molecule has 4 aromatic rings. The molecule has 7 nitrogen and oxygen atoms in total. The maximum atomic E-state index is 13.6. The zero-order valence-corrected chi connectivity index (χ0v) is 24.4. The lowest BCUT2D eigenvalue weighted by Gasteiger charge is -2.15. The van der Waals surface area contributed by atoms with Crippen molar-refractivity contribution in [3.63, 3.8) is 0 Å². The van der Waals surface area contributed by atoms with Crippen molar-refractivity contribution in [2.45, 2.75) is 50.5 Å². The molecule has 0 saturated carbocycles. The number of amides is 1. The summed E-state index contributed by atoms with van der Waals surface area (Å²) in [5.41, 5.74) is 1.76. The topological polar surface area (TPSA) is 82.5 Å². The number of benzene rings is 3. The van der Waals surface area contributed by atoms with Gasteiger partial charge in [0.2, 0.25) is 5.91 Å². The summed E-state index contributed by atoms with van der Waals surface area (Å²) in [5.74, 6) is 0.481. The molecule has 3 aromatic carbocycles. The van der Waals surface area contributed by atoms with Crippen molar-refractivity contribution >= 4 is 34.3 Å². The van der Waals surface area contributed by atoms with Crippen molar-refractivity contribution in [2.75, 3.05) is 25.3 Å². The van der Waals surface area contributed by atoms with Crippen LogP contribution in [0.1, 0.15) is 36.5 Å². The lowest BCUT2D eigenvalue weighted by Crippen LogP contribution is -2.25. The van der Waals surface area contributed by atoms with Crippen LogP contribution >= 0.6 is 11.8 Å². The molecule has 42 heavy (non-hydrogen) atoms. The summed E-state index contributed by atoms with van der Waals surface area (Å²) >= 11 is 1.10. The van der Waals surface area contributed by atoms with Gasteiger partial charge in [-0.3, -0.25) is 14.2 Å². The van der Waals surface area contributed by atoms with Gasteiger partial charge < -0.3 is 14.8 Å². The third-order valence-electron chi connectivity index (χ3n) is 6.72. The smallest absolute Gasteiger partial charge is 0.416 e. The largest absolute Gasteiger partial charge is 0.493 e. The molecule has 1 N–H and O–H groups in total. The average molecular weight is 600 g/mol. The van der Waals surface area contributed by atoms with Gasteiger partial charge in [-0.2, -0.15) is 13.2 Å². The molecule has 0 aliphatic carbocycles. The second-order valence-corrected chi connectivity index (χ2v) is 10.6. The van der Waals surface area contributed by atoms with Gasteiger partial charge in [0.15, 0.2) is 16.7 Å². The van der Waals surface area contributed by atoms with E-state index in [1.165, 1.54) is 36.5 Å². The number of carbonyl (C=O) groups excluding carboxylic acids is 1. The number of hydrogen-bond donors (Lipinski definition) is 1. The van der Waals surface area contributed by atoms with E-state index in [0.29, 0.717) is 33.4 Å². The molecule has 1 aromatic heterocycles. The van der Waals surface area contributed by atoms with Crippen LogP contribution in [-0.4, -0.2) is 35.4 Å². The van der Waals surface area contributed by atoms with Crippen molar-refractivity contribution in [3.05, 3.63) is 87.7 Å². The van der Waals surface area contributed by atoms with E-state index in [0.717, 1.165) is 43.2 Å². The molecule has 0 unspecified atom stereocenters. The van der Waals surface area contributed by atoms with Gasteiger partial charge in [0.05, 0.1) is 36.4 Å². The summed E-state index contributed by atoms with van der Waals surface area (Å²) in [6, 6.07) is 15.7. The molecule has 0 aliphatic rings. The lowest BCUT2D eigenvalue weighted by molar-refractivity contribution is -0.137. The highest BCUT2D eigenvalue weighted by Gasteiger charge is 2.30. The Bertz CT molecular complexity index is 1590. The molecule has 0 atom stereocenters. The van der Waals surface area contributed by atoms with Crippen LogP contribution in [0.4, 0.5) is 18.9 Å². The number of halogens is 3. The number of fused-ring (bicyclic) bond motifs is 1. The Balaban J connectivity index is 1.58. The Morgan fingerprint density at radius 3 is 2.19 bits per heavy atom. The van der Waals surface area contributed by atoms with Crippen molar-refractivity contribution < 1.29 is 27.4 Å². The minimum atomic E-state index is -4.43. The first-order chi connectivity index (χ1) is 20.1. The number of hydrogen-bond acceptors (Lipinski definition) is 6. The number of aromatic nitrogens is 2. The van der Waals surface area contributed by atoms with Crippen LogP contribution in [0.15, 0.2) is 70.6 Å². The summed E-state index contributed by atoms with van der Waals surface area (Å²) in [7, 11) is 2.94. The average Bonchev–Trinajstić information content (AvgIpc) is 2.98. The molecule has 222 valence electrons. The summed E-state index contributed by atoms with van der Waals surface area (Å²) in [5, 5.41) is 3.46. The van der Waals surface area contributed by atoms with Gasteiger partial charge in [-0.05, 0) is 60.7 Å². The quantitative estimate of drug-likeness (QED) is 0.143. The molecule has 0 bridgehead atoms. The van der Waals surface area contributed by atoms with Gasteiger partial charge in [-0.1, -0.05) is 49.4 Å². The first-order valence-corrected chi connectivity index (χ1v) is 14.5. The van der Waals surface area contributed by atoms with E-state index in [9.17, 15) is 22.8 Å². The summed E-state index contributed by atoms with van der Waals surface area (Å²) < 4.78 is 51.1. The number of methoxy groups -OCH3 is 2. The zero-order chi connectivity index (χ0) is 30.3. The van der Waals surface area contributed by atoms with Crippen LogP contribution in [0, 0.1) is 0 Å². The molecule has 0 fully saturated rings. The van der Waals surface area contributed by atoms with Crippen LogP contribution in [0.25, 0.3) is 10.9 Å². The Morgan fingerprint density at radius 2 is 1.57 bits per heavy atom. The highest BCUT2D eigenvalue weighted by molar-refractivity contribution is 7.99. The van der Waals surface area contributed by atoms with Gasteiger partial charge in [-0.15, -0.1) is 0 Å². The van der Waals surface area contributed by atoms with Crippen LogP contribution in [0.3, 0.4) is 0 Å². The van der Waals surface area contributed by atoms with E-state index in [4.69, 9.17) is 9.47 Å². The lowest BCUT2D eigenvalue weighted by atomic mass is 10.1.